The number of likely N-dealkylation sites (N-methyl/N-ethyl adjacent to an activating group) is 1. The van der Waals surface area contributed by atoms with Crippen molar-refractivity contribution in [1.29, 1.82) is 0 Å². The quantitative estimate of drug-likeness (QED) is 0.763. The van der Waals surface area contributed by atoms with Crippen LogP contribution in [0.25, 0.3) is 0 Å². The van der Waals surface area contributed by atoms with Crippen LogP contribution in [0, 0.1) is 0 Å². The molecule has 0 radical (unpaired) electrons. The van der Waals surface area contributed by atoms with Crippen LogP contribution < -0.4 is 10.6 Å². The monoisotopic (exact) mass is 220 g/mol. The van der Waals surface area contributed by atoms with Crippen molar-refractivity contribution in [3.63, 3.8) is 0 Å². The lowest BCUT2D eigenvalue weighted by Crippen LogP contribution is -2.46. The summed E-state index contributed by atoms with van der Waals surface area (Å²) in [5.74, 6) is 0. The van der Waals surface area contributed by atoms with Gasteiger partial charge >= 0.3 is 0 Å². The highest BCUT2D eigenvalue weighted by Crippen LogP contribution is 2.11. The van der Waals surface area contributed by atoms with Crippen LogP contribution in [-0.4, -0.2) is 49.7 Å². The van der Waals surface area contributed by atoms with Crippen molar-refractivity contribution >= 4 is 0 Å². The number of nitrogens with one attached hydrogen (secondary N) is 2. The van der Waals surface area contributed by atoms with Gasteiger partial charge in [-0.25, -0.2) is 0 Å². The summed E-state index contributed by atoms with van der Waals surface area (Å²) >= 11 is 0. The van der Waals surface area contributed by atoms with Gasteiger partial charge in [-0.1, -0.05) is 6.07 Å². The minimum absolute atomic E-state index is 0.333. The summed E-state index contributed by atoms with van der Waals surface area (Å²) in [6.45, 7) is 5.49. The third-order valence-corrected chi connectivity index (χ3v) is 3.04. The molecule has 88 valence electrons. The first-order valence-corrected chi connectivity index (χ1v) is 5.91. The summed E-state index contributed by atoms with van der Waals surface area (Å²) in [5, 5.41) is 6.71. The second-order valence-electron chi connectivity index (χ2n) is 4.15. The van der Waals surface area contributed by atoms with E-state index < -0.39 is 0 Å². The van der Waals surface area contributed by atoms with Crippen LogP contribution in [-0.2, 0) is 0 Å². The summed E-state index contributed by atoms with van der Waals surface area (Å²) in [4.78, 5) is 6.89. The Hall–Kier alpha value is -0.970. The van der Waals surface area contributed by atoms with Crippen molar-refractivity contribution in [2.75, 3.05) is 39.8 Å². The fourth-order valence-corrected chi connectivity index (χ4v) is 2.07. The van der Waals surface area contributed by atoms with Gasteiger partial charge in [0.15, 0.2) is 0 Å². The van der Waals surface area contributed by atoms with Crippen LogP contribution in [0.2, 0.25) is 0 Å². The van der Waals surface area contributed by atoms with Gasteiger partial charge in [-0.3, -0.25) is 9.88 Å². The molecule has 0 spiro atoms. The zero-order valence-corrected chi connectivity index (χ0v) is 9.82. The van der Waals surface area contributed by atoms with Crippen LogP contribution in [0.5, 0.6) is 0 Å². The van der Waals surface area contributed by atoms with E-state index in [1.807, 2.05) is 25.4 Å². The first-order valence-electron chi connectivity index (χ1n) is 5.91. The first kappa shape index (κ1) is 11.5. The van der Waals surface area contributed by atoms with Gasteiger partial charge in [0.1, 0.15) is 0 Å². The Morgan fingerprint density at radius 2 is 2.25 bits per heavy atom. The normalized spacial score (nSPS) is 19.6. The number of aromatic nitrogens is 1. The minimum atomic E-state index is 0.333. The molecule has 2 rings (SSSR count). The van der Waals surface area contributed by atoms with Gasteiger partial charge in [0.05, 0.1) is 11.7 Å². The van der Waals surface area contributed by atoms with Crippen molar-refractivity contribution in [3.05, 3.63) is 30.1 Å². The van der Waals surface area contributed by atoms with Gasteiger partial charge < -0.3 is 10.6 Å². The molecule has 1 aromatic rings. The predicted molar refractivity (Wildman–Crippen MR) is 65.3 cm³/mol. The van der Waals surface area contributed by atoms with Gasteiger partial charge in [0, 0.05) is 38.9 Å². The Bertz CT molecular complexity index is 295. The Morgan fingerprint density at radius 3 is 2.88 bits per heavy atom. The summed E-state index contributed by atoms with van der Waals surface area (Å²) in [6, 6.07) is 6.42. The highest BCUT2D eigenvalue weighted by Gasteiger charge is 2.16. The lowest BCUT2D eigenvalue weighted by Gasteiger charge is -2.30. The van der Waals surface area contributed by atoms with E-state index in [0.717, 1.165) is 38.4 Å². The molecule has 0 aliphatic carbocycles. The maximum Gasteiger partial charge on any atom is 0.0621 e. The molecule has 1 atom stereocenters. The lowest BCUT2D eigenvalue weighted by molar-refractivity contribution is 0.218. The largest absolute Gasteiger partial charge is 0.314 e. The summed E-state index contributed by atoms with van der Waals surface area (Å²) in [5.41, 5.74) is 1.13. The smallest absolute Gasteiger partial charge is 0.0621 e. The molecule has 1 fully saturated rings. The Morgan fingerprint density at radius 1 is 1.44 bits per heavy atom. The fourth-order valence-electron chi connectivity index (χ4n) is 2.07. The second kappa shape index (κ2) is 5.94. The predicted octanol–water partition coefficient (Wildman–Crippen LogP) is 0.247. The van der Waals surface area contributed by atoms with Crippen molar-refractivity contribution in [3.8, 4) is 0 Å². The maximum absolute atomic E-state index is 4.41. The molecule has 0 aromatic carbocycles. The number of hydrogen-bond donors (Lipinski definition) is 2. The van der Waals surface area contributed by atoms with Crippen LogP contribution in [0.1, 0.15) is 11.7 Å². The standard InChI is InChI=1S/C12H20N4/c1-13-12(11-4-2-3-5-15-11)10-16-8-6-14-7-9-16/h2-5,12-14H,6-10H2,1H3. The van der Waals surface area contributed by atoms with E-state index in [2.05, 4.69) is 26.6 Å². The van der Waals surface area contributed by atoms with Crippen molar-refractivity contribution in [2.45, 2.75) is 6.04 Å². The molecule has 1 aromatic heterocycles. The average molecular weight is 220 g/mol. The minimum Gasteiger partial charge on any atom is -0.314 e. The van der Waals surface area contributed by atoms with E-state index in [1.54, 1.807) is 0 Å². The van der Waals surface area contributed by atoms with Gasteiger partial charge in [0.2, 0.25) is 0 Å². The molecule has 4 nitrogen and oxygen atoms in total. The molecule has 1 aliphatic rings. The van der Waals surface area contributed by atoms with E-state index in [4.69, 9.17) is 0 Å². The molecule has 2 heterocycles. The number of rotatable bonds is 4. The van der Waals surface area contributed by atoms with Gasteiger partial charge in [-0.05, 0) is 19.2 Å². The van der Waals surface area contributed by atoms with Gasteiger partial charge in [-0.2, -0.15) is 0 Å². The van der Waals surface area contributed by atoms with Crippen molar-refractivity contribution < 1.29 is 0 Å². The Kier molecular flexibility index (Phi) is 4.27. The molecule has 4 heteroatoms. The molecule has 16 heavy (non-hydrogen) atoms. The summed E-state index contributed by atoms with van der Waals surface area (Å²) in [6.07, 6.45) is 1.86. The van der Waals surface area contributed by atoms with Crippen molar-refractivity contribution in [1.82, 2.24) is 20.5 Å². The van der Waals surface area contributed by atoms with E-state index >= 15 is 0 Å². The zero-order chi connectivity index (χ0) is 11.2. The SMILES string of the molecule is CNC(CN1CCNCC1)c1ccccn1. The highest BCUT2D eigenvalue weighted by atomic mass is 15.2. The molecule has 2 N–H and O–H groups in total. The topological polar surface area (TPSA) is 40.2 Å². The van der Waals surface area contributed by atoms with Gasteiger partial charge in [0.25, 0.3) is 0 Å². The van der Waals surface area contributed by atoms with E-state index in [0.29, 0.717) is 6.04 Å². The number of pyridine rings is 1. The number of piperazine rings is 1. The zero-order valence-electron chi connectivity index (χ0n) is 9.82. The molecular weight excluding hydrogens is 200 g/mol. The van der Waals surface area contributed by atoms with Crippen molar-refractivity contribution in [2.24, 2.45) is 0 Å². The molecule has 0 bridgehead atoms. The molecular formula is C12H20N4. The molecule has 0 amide bonds. The first-order chi connectivity index (χ1) is 7.90. The van der Waals surface area contributed by atoms with Crippen LogP contribution in [0.15, 0.2) is 24.4 Å². The molecule has 0 saturated carbocycles. The van der Waals surface area contributed by atoms with Gasteiger partial charge in [-0.15, -0.1) is 0 Å². The lowest BCUT2D eigenvalue weighted by atomic mass is 10.1. The summed E-state index contributed by atoms with van der Waals surface area (Å²) < 4.78 is 0. The molecule has 1 unspecified atom stereocenters. The number of nitrogens with zero attached hydrogens (tertiary/aromatic N) is 2. The van der Waals surface area contributed by atoms with Crippen LogP contribution >= 0.6 is 0 Å². The van der Waals surface area contributed by atoms with E-state index in [1.165, 1.54) is 0 Å². The summed E-state index contributed by atoms with van der Waals surface area (Å²) in [7, 11) is 2.00. The highest BCUT2D eigenvalue weighted by molar-refractivity contribution is 5.09. The fraction of sp³-hybridized carbons (Fsp3) is 0.583. The van der Waals surface area contributed by atoms with E-state index in [-0.39, 0.29) is 0 Å². The maximum atomic E-state index is 4.41. The van der Waals surface area contributed by atoms with Crippen LogP contribution in [0.4, 0.5) is 0 Å². The molecule has 1 aliphatic heterocycles. The number of hydrogen-bond acceptors (Lipinski definition) is 4. The Balaban J connectivity index is 1.94. The Labute approximate surface area is 97.1 Å². The van der Waals surface area contributed by atoms with Crippen LogP contribution in [0.3, 0.4) is 0 Å². The average Bonchev–Trinajstić information content (AvgIpc) is 2.38. The third-order valence-electron chi connectivity index (χ3n) is 3.04. The molecule has 1 saturated heterocycles. The third kappa shape index (κ3) is 3.01. The second-order valence-corrected chi connectivity index (χ2v) is 4.15. The van der Waals surface area contributed by atoms with E-state index in [9.17, 15) is 0 Å².